The summed E-state index contributed by atoms with van der Waals surface area (Å²) in [5.74, 6) is -1.61. The summed E-state index contributed by atoms with van der Waals surface area (Å²) in [7, 11) is 3.03. The molecule has 7 rings (SSSR count). The van der Waals surface area contributed by atoms with Crippen molar-refractivity contribution in [3.8, 4) is 11.5 Å². The minimum Gasteiger partial charge on any atom is -0.497 e. The number of hydrogen-bond donors (Lipinski definition) is 2. The van der Waals surface area contributed by atoms with Gasteiger partial charge in [-0.2, -0.15) is 0 Å². The molecule has 2 saturated heterocycles. The van der Waals surface area contributed by atoms with Gasteiger partial charge in [-0.25, -0.2) is 9.59 Å². The topological polar surface area (TPSA) is 154 Å². The molecule has 0 aromatic heterocycles. The van der Waals surface area contributed by atoms with Gasteiger partial charge < -0.3 is 39.1 Å². The summed E-state index contributed by atoms with van der Waals surface area (Å²) in [6.45, 7) is 7.71. The Kier molecular flexibility index (Phi) is 9.50. The Bertz CT molecular complexity index is 2150. The third-order valence-corrected chi connectivity index (χ3v) is 9.94. The van der Waals surface area contributed by atoms with Gasteiger partial charge >= 0.3 is 11.9 Å². The maximum atomic E-state index is 13.6. The van der Waals surface area contributed by atoms with Gasteiger partial charge in [0.15, 0.2) is 0 Å². The summed E-state index contributed by atoms with van der Waals surface area (Å²) in [6, 6.07) is 24.4. The Morgan fingerprint density at radius 2 is 0.963 bits per heavy atom. The molecule has 278 valence electrons. The van der Waals surface area contributed by atoms with E-state index in [1.54, 1.807) is 50.2 Å². The van der Waals surface area contributed by atoms with Gasteiger partial charge in [0.1, 0.15) is 22.7 Å². The lowest BCUT2D eigenvalue weighted by molar-refractivity contribution is -0.128. The summed E-state index contributed by atoms with van der Waals surface area (Å²) in [5.41, 5.74) is 1.17. The predicted molar refractivity (Wildman–Crippen MR) is 201 cm³/mol. The van der Waals surface area contributed by atoms with Crippen LogP contribution in [0.5, 0.6) is 11.5 Å². The van der Waals surface area contributed by atoms with Crippen molar-refractivity contribution in [3.05, 3.63) is 107 Å². The first-order valence-electron chi connectivity index (χ1n) is 17.4. The Hall–Kier alpha value is -5.98. The maximum absolute atomic E-state index is 13.6. The molecule has 0 radical (unpaired) electrons. The fourth-order valence-electron chi connectivity index (χ4n) is 6.43. The molecule has 0 saturated carbocycles. The van der Waals surface area contributed by atoms with Gasteiger partial charge in [0.2, 0.25) is 12.2 Å². The molecule has 2 aliphatic heterocycles. The van der Waals surface area contributed by atoms with Crippen molar-refractivity contribution in [1.29, 1.82) is 0 Å². The number of anilines is 2. The van der Waals surface area contributed by atoms with Crippen LogP contribution >= 0.6 is 0 Å². The molecule has 2 aliphatic rings. The molecule has 2 fully saturated rings. The molecular formula is C42H40N2O10. The van der Waals surface area contributed by atoms with Gasteiger partial charge in [0, 0.05) is 11.4 Å². The predicted octanol–water partition coefficient (Wildman–Crippen LogP) is 6.53. The van der Waals surface area contributed by atoms with E-state index in [-0.39, 0.29) is 24.3 Å². The normalized spacial score (nSPS) is 19.7. The van der Waals surface area contributed by atoms with E-state index in [2.05, 4.69) is 10.6 Å². The highest BCUT2D eigenvalue weighted by molar-refractivity contribution is 6.09. The van der Waals surface area contributed by atoms with Crippen LogP contribution in [0, 0.1) is 13.8 Å². The van der Waals surface area contributed by atoms with Gasteiger partial charge in [-0.3, -0.25) is 9.59 Å². The zero-order valence-electron chi connectivity index (χ0n) is 30.7. The second-order valence-electron chi connectivity index (χ2n) is 14.0. The number of benzene rings is 5. The van der Waals surface area contributed by atoms with E-state index >= 15 is 0 Å². The molecule has 12 nitrogen and oxygen atoms in total. The first-order chi connectivity index (χ1) is 25.8. The quantitative estimate of drug-likeness (QED) is 0.107. The van der Waals surface area contributed by atoms with Gasteiger partial charge in [-0.05, 0) is 109 Å². The average Bonchev–Trinajstić information content (AvgIpc) is 4.10. The lowest BCUT2D eigenvalue weighted by atomic mass is 9.99. The van der Waals surface area contributed by atoms with Crippen LogP contribution in [0.25, 0.3) is 21.5 Å². The van der Waals surface area contributed by atoms with Crippen LogP contribution in [0.1, 0.15) is 45.7 Å². The van der Waals surface area contributed by atoms with E-state index in [1.807, 2.05) is 62.4 Å². The lowest BCUT2D eigenvalue weighted by Crippen LogP contribution is -2.43. The van der Waals surface area contributed by atoms with E-state index < -0.39 is 47.2 Å². The van der Waals surface area contributed by atoms with E-state index in [1.165, 1.54) is 14.2 Å². The molecule has 0 spiro atoms. The van der Waals surface area contributed by atoms with E-state index in [0.29, 0.717) is 33.6 Å². The molecule has 0 bridgehead atoms. The Morgan fingerprint density at radius 3 is 1.30 bits per heavy atom. The third-order valence-electron chi connectivity index (χ3n) is 9.94. The van der Waals surface area contributed by atoms with Crippen molar-refractivity contribution >= 4 is 56.7 Å². The molecule has 5 aromatic rings. The van der Waals surface area contributed by atoms with Gasteiger partial charge in [-0.15, -0.1) is 0 Å². The number of amides is 2. The molecule has 2 heterocycles. The monoisotopic (exact) mass is 732 g/mol. The minimum atomic E-state index is -1.27. The first-order valence-corrected chi connectivity index (χ1v) is 17.4. The zero-order chi connectivity index (χ0) is 38.4. The minimum absolute atomic E-state index is 0.226. The molecule has 5 aromatic carbocycles. The number of aryl methyl sites for hydroxylation is 2. The number of epoxide rings is 2. The number of hydrogen-bond acceptors (Lipinski definition) is 10. The van der Waals surface area contributed by atoms with Crippen molar-refractivity contribution in [1.82, 2.24) is 0 Å². The Balaban J connectivity index is 1.04. The lowest BCUT2D eigenvalue weighted by Gasteiger charge is -2.22. The van der Waals surface area contributed by atoms with E-state index in [0.717, 1.165) is 21.9 Å². The molecule has 54 heavy (non-hydrogen) atoms. The summed E-state index contributed by atoms with van der Waals surface area (Å²) in [4.78, 5) is 54.4. The largest absolute Gasteiger partial charge is 0.497 e. The van der Waals surface area contributed by atoms with E-state index in [9.17, 15) is 19.2 Å². The van der Waals surface area contributed by atoms with E-state index in [4.69, 9.17) is 28.4 Å². The van der Waals surface area contributed by atoms with Crippen molar-refractivity contribution < 1.29 is 47.6 Å². The third kappa shape index (κ3) is 7.17. The molecule has 4 atom stereocenters. The summed E-state index contributed by atoms with van der Waals surface area (Å²) < 4.78 is 33.7. The smallest absolute Gasteiger partial charge is 0.339 e. The summed E-state index contributed by atoms with van der Waals surface area (Å²) >= 11 is 0. The molecule has 12 heteroatoms. The molecule has 0 unspecified atom stereocenters. The molecule has 2 amide bonds. The number of ether oxygens (including phenoxy) is 6. The number of esters is 2. The zero-order valence-corrected chi connectivity index (χ0v) is 30.7. The number of rotatable bonds is 12. The van der Waals surface area contributed by atoms with Crippen LogP contribution in [0.3, 0.4) is 0 Å². The first kappa shape index (κ1) is 36.4. The maximum Gasteiger partial charge on any atom is 0.339 e. The van der Waals surface area contributed by atoms with Crippen LogP contribution in [0.15, 0.2) is 84.9 Å². The highest BCUT2D eigenvalue weighted by Crippen LogP contribution is 2.37. The van der Waals surface area contributed by atoms with Crippen molar-refractivity contribution in [3.63, 3.8) is 0 Å². The summed E-state index contributed by atoms with van der Waals surface area (Å²) in [5, 5.41) is 8.58. The van der Waals surface area contributed by atoms with Gasteiger partial charge in [-0.1, -0.05) is 36.4 Å². The van der Waals surface area contributed by atoms with Gasteiger partial charge in [0.25, 0.3) is 11.8 Å². The molecule has 2 N–H and O–H groups in total. The second kappa shape index (κ2) is 14.1. The van der Waals surface area contributed by atoms with Crippen molar-refractivity contribution in [2.75, 3.05) is 38.1 Å². The number of carbonyl (C=O) groups is 4. The fourth-order valence-corrected chi connectivity index (χ4v) is 6.43. The number of carbonyl (C=O) groups excluding carboxylic acids is 4. The van der Waals surface area contributed by atoms with Crippen LogP contribution in [-0.2, 0) is 28.5 Å². The molecule has 0 aliphatic carbocycles. The van der Waals surface area contributed by atoms with Crippen LogP contribution < -0.4 is 20.1 Å². The van der Waals surface area contributed by atoms with Crippen LogP contribution in [-0.4, -0.2) is 74.6 Å². The Morgan fingerprint density at radius 1 is 0.593 bits per heavy atom. The average molecular weight is 733 g/mol. The summed E-state index contributed by atoms with van der Waals surface area (Å²) in [6.07, 6.45) is -2.54. The number of fused-ring (bicyclic) bond motifs is 2. The number of nitrogens with one attached hydrogen (secondary N) is 2. The highest BCUT2D eigenvalue weighted by atomic mass is 16.6. The number of methoxy groups -OCH3 is 2. The second-order valence-corrected chi connectivity index (χ2v) is 14.0. The highest BCUT2D eigenvalue weighted by Gasteiger charge is 2.54. The van der Waals surface area contributed by atoms with Crippen LogP contribution in [0.2, 0.25) is 0 Å². The fraction of sp³-hybridized carbons (Fsp3) is 0.286. The standard InChI is InChI=1S/C42H40N2O10/c1-23-9-7-11-29-31(23)17-27(49-5)19-33(29)39(47)53-35(41(3)21-51-41)37(45)43-25-13-15-26(16-14-25)44-38(46)36(42(4)22-52-42)54-40(48)34-20-28(50-6)18-32-24(2)10-8-12-30(32)34/h7-20,35-36H,21-22H2,1-6H3,(H,43,45)(H,44,46)/t35-,36-,41+,42+/m1/s1. The van der Waals surface area contributed by atoms with Crippen molar-refractivity contribution in [2.45, 2.75) is 51.1 Å². The van der Waals surface area contributed by atoms with Crippen molar-refractivity contribution in [2.24, 2.45) is 0 Å². The molecular weight excluding hydrogens is 692 g/mol. The van der Waals surface area contributed by atoms with Gasteiger partial charge in [0.05, 0.1) is 38.6 Å². The SMILES string of the molecule is COc1cc(C(=O)O[C@H](C(=O)Nc2ccc(NC(=O)[C@@H](OC(=O)c3cc(OC)cc4c(C)cccc34)[C@]3(C)CO3)cc2)[C@]2(C)CO2)c2cccc(C)c2c1. The van der Waals surface area contributed by atoms with Crippen LogP contribution in [0.4, 0.5) is 11.4 Å². The Labute approximate surface area is 311 Å².